The summed E-state index contributed by atoms with van der Waals surface area (Å²) in [4.78, 5) is 1.02. The first-order valence-corrected chi connectivity index (χ1v) is 7.72. The van der Waals surface area contributed by atoms with Crippen molar-refractivity contribution in [2.75, 3.05) is 0 Å². The Balaban J connectivity index is 2.36. The monoisotopic (exact) mass is 295 g/mol. The van der Waals surface area contributed by atoms with Crippen molar-refractivity contribution in [1.82, 2.24) is 0 Å². The predicted octanol–water partition coefficient (Wildman–Crippen LogP) is 4.64. The van der Waals surface area contributed by atoms with E-state index >= 15 is 0 Å². The van der Waals surface area contributed by atoms with Gasteiger partial charge in [0, 0.05) is 16.4 Å². The third kappa shape index (κ3) is 2.54. The van der Waals surface area contributed by atoms with Crippen LogP contribution < -0.4 is 5.73 Å². The minimum atomic E-state index is -0.342. The lowest BCUT2D eigenvalue weighted by atomic mass is 9.75. The Morgan fingerprint density at radius 1 is 1.05 bits per heavy atom. The maximum absolute atomic E-state index is 6.56. The highest BCUT2D eigenvalue weighted by atomic mass is 32.1. The van der Waals surface area contributed by atoms with Gasteiger partial charge in [0.2, 0.25) is 0 Å². The molecule has 2 aromatic carbocycles. The van der Waals surface area contributed by atoms with Gasteiger partial charge in [0.25, 0.3) is 0 Å². The molecule has 0 bridgehead atoms. The minimum Gasteiger partial charge on any atom is -0.325 e. The molecule has 3 rings (SSSR count). The molecule has 0 aromatic heterocycles. The molecule has 0 radical (unpaired) electrons. The zero-order chi connectivity index (χ0) is 15.2. The molecule has 2 N–H and O–H groups in total. The SMILES string of the molecule is Cc1cc(S)c2c(c1)C(C(C)(C)N)c1ccccc1C=C2. The summed E-state index contributed by atoms with van der Waals surface area (Å²) in [5, 5.41) is 0. The number of hydrogen-bond acceptors (Lipinski definition) is 2. The van der Waals surface area contributed by atoms with Crippen LogP contribution in [0, 0.1) is 6.92 Å². The Morgan fingerprint density at radius 2 is 1.76 bits per heavy atom. The highest BCUT2D eigenvalue weighted by Crippen LogP contribution is 2.42. The van der Waals surface area contributed by atoms with E-state index in [1.165, 1.54) is 27.8 Å². The van der Waals surface area contributed by atoms with E-state index in [-0.39, 0.29) is 11.5 Å². The van der Waals surface area contributed by atoms with Gasteiger partial charge in [-0.15, -0.1) is 12.6 Å². The average molecular weight is 295 g/mol. The fourth-order valence-corrected chi connectivity index (χ4v) is 3.70. The molecule has 2 aromatic rings. The topological polar surface area (TPSA) is 26.0 Å². The van der Waals surface area contributed by atoms with Crippen molar-refractivity contribution in [1.29, 1.82) is 0 Å². The lowest BCUT2D eigenvalue weighted by Crippen LogP contribution is -2.40. The quantitative estimate of drug-likeness (QED) is 0.737. The number of benzene rings is 2. The molecule has 1 unspecified atom stereocenters. The summed E-state index contributed by atoms with van der Waals surface area (Å²) in [7, 11) is 0. The van der Waals surface area contributed by atoms with Crippen molar-refractivity contribution in [3.8, 4) is 0 Å². The zero-order valence-electron chi connectivity index (χ0n) is 12.7. The molecule has 0 aliphatic heterocycles. The van der Waals surface area contributed by atoms with Crippen LogP contribution in [0.25, 0.3) is 12.2 Å². The fraction of sp³-hybridized carbons (Fsp3) is 0.263. The molecule has 1 atom stereocenters. The van der Waals surface area contributed by atoms with Gasteiger partial charge < -0.3 is 5.73 Å². The van der Waals surface area contributed by atoms with E-state index in [9.17, 15) is 0 Å². The molecular formula is C19H21NS. The van der Waals surface area contributed by atoms with Crippen LogP contribution in [0.5, 0.6) is 0 Å². The van der Waals surface area contributed by atoms with Crippen LogP contribution in [-0.4, -0.2) is 5.54 Å². The number of hydrogen-bond donors (Lipinski definition) is 2. The van der Waals surface area contributed by atoms with Crippen LogP contribution >= 0.6 is 12.6 Å². The van der Waals surface area contributed by atoms with Gasteiger partial charge in [-0.1, -0.05) is 42.5 Å². The standard InChI is InChI=1S/C19H21NS/c1-12-10-16-15(17(21)11-12)9-8-13-6-4-5-7-14(13)18(16)19(2,3)20/h4-11,18,21H,20H2,1-3H3. The molecule has 0 saturated carbocycles. The molecule has 1 aliphatic carbocycles. The lowest BCUT2D eigenvalue weighted by molar-refractivity contribution is 0.456. The molecule has 0 amide bonds. The summed E-state index contributed by atoms with van der Waals surface area (Å²) in [6.45, 7) is 6.31. The van der Waals surface area contributed by atoms with E-state index in [1.807, 2.05) is 0 Å². The van der Waals surface area contributed by atoms with Gasteiger partial charge in [0.1, 0.15) is 0 Å². The van der Waals surface area contributed by atoms with Gasteiger partial charge in [0.15, 0.2) is 0 Å². The van der Waals surface area contributed by atoms with Crippen molar-refractivity contribution in [2.24, 2.45) is 5.73 Å². The van der Waals surface area contributed by atoms with Crippen LogP contribution in [0.1, 0.15) is 47.6 Å². The van der Waals surface area contributed by atoms with Gasteiger partial charge in [-0.3, -0.25) is 0 Å². The Labute approximate surface area is 132 Å². The second-order valence-corrected chi connectivity index (χ2v) is 6.99. The Hall–Kier alpha value is -1.51. The number of rotatable bonds is 1. The summed E-state index contributed by atoms with van der Waals surface area (Å²) in [6, 6.07) is 12.9. The molecule has 108 valence electrons. The minimum absolute atomic E-state index is 0.157. The normalized spacial score (nSPS) is 17.1. The van der Waals surface area contributed by atoms with Crippen molar-refractivity contribution >= 4 is 24.8 Å². The first kappa shape index (κ1) is 14.4. The fourth-order valence-electron chi connectivity index (χ4n) is 3.29. The number of fused-ring (bicyclic) bond motifs is 2. The molecule has 21 heavy (non-hydrogen) atoms. The summed E-state index contributed by atoms with van der Waals surface area (Å²) in [5.41, 5.74) is 12.4. The van der Waals surface area contributed by atoms with Crippen LogP contribution in [0.4, 0.5) is 0 Å². The Morgan fingerprint density at radius 3 is 2.48 bits per heavy atom. The van der Waals surface area contributed by atoms with Crippen LogP contribution in [0.15, 0.2) is 41.3 Å². The summed E-state index contributed by atoms with van der Waals surface area (Å²) >= 11 is 4.68. The second-order valence-electron chi connectivity index (χ2n) is 6.50. The maximum Gasteiger partial charge on any atom is 0.0276 e. The maximum atomic E-state index is 6.56. The zero-order valence-corrected chi connectivity index (χ0v) is 13.6. The van der Waals surface area contributed by atoms with Crippen molar-refractivity contribution in [3.63, 3.8) is 0 Å². The summed E-state index contributed by atoms with van der Waals surface area (Å²) < 4.78 is 0. The third-order valence-corrected chi connectivity index (χ3v) is 4.50. The number of nitrogens with two attached hydrogens (primary N) is 1. The van der Waals surface area contributed by atoms with E-state index in [1.54, 1.807) is 0 Å². The van der Waals surface area contributed by atoms with Gasteiger partial charge in [0.05, 0.1) is 0 Å². The van der Waals surface area contributed by atoms with E-state index in [4.69, 9.17) is 5.73 Å². The molecule has 1 aliphatic rings. The number of aryl methyl sites for hydroxylation is 1. The number of thiol groups is 1. The van der Waals surface area contributed by atoms with Gasteiger partial charge in [-0.2, -0.15) is 0 Å². The van der Waals surface area contributed by atoms with E-state index in [0.29, 0.717) is 0 Å². The van der Waals surface area contributed by atoms with E-state index < -0.39 is 0 Å². The Bertz CT molecular complexity index is 723. The molecular weight excluding hydrogens is 274 g/mol. The van der Waals surface area contributed by atoms with Crippen LogP contribution in [0.3, 0.4) is 0 Å². The van der Waals surface area contributed by atoms with Crippen molar-refractivity contribution < 1.29 is 0 Å². The molecule has 0 spiro atoms. The first-order valence-electron chi connectivity index (χ1n) is 7.27. The molecule has 2 heteroatoms. The highest BCUT2D eigenvalue weighted by Gasteiger charge is 2.32. The molecule has 0 fully saturated rings. The summed E-state index contributed by atoms with van der Waals surface area (Å²) in [5.74, 6) is 0.157. The van der Waals surface area contributed by atoms with E-state index in [0.717, 1.165) is 4.90 Å². The highest BCUT2D eigenvalue weighted by molar-refractivity contribution is 7.80. The first-order chi connectivity index (χ1) is 9.88. The largest absolute Gasteiger partial charge is 0.325 e. The smallest absolute Gasteiger partial charge is 0.0276 e. The molecule has 0 heterocycles. The predicted molar refractivity (Wildman–Crippen MR) is 93.9 cm³/mol. The molecule has 0 saturated heterocycles. The van der Waals surface area contributed by atoms with Crippen LogP contribution in [0.2, 0.25) is 0 Å². The van der Waals surface area contributed by atoms with Crippen molar-refractivity contribution in [2.45, 2.75) is 37.1 Å². The summed E-state index contributed by atoms with van der Waals surface area (Å²) in [6.07, 6.45) is 4.34. The second kappa shape index (κ2) is 5.04. The third-order valence-electron chi connectivity index (χ3n) is 4.13. The van der Waals surface area contributed by atoms with Gasteiger partial charge >= 0.3 is 0 Å². The van der Waals surface area contributed by atoms with Gasteiger partial charge in [-0.05, 0) is 54.7 Å². The van der Waals surface area contributed by atoms with Crippen molar-refractivity contribution in [3.05, 3.63) is 64.2 Å². The lowest BCUT2D eigenvalue weighted by Gasteiger charge is -2.33. The Kier molecular flexibility index (Phi) is 3.46. The van der Waals surface area contributed by atoms with Crippen LogP contribution in [-0.2, 0) is 0 Å². The van der Waals surface area contributed by atoms with E-state index in [2.05, 4.69) is 82.0 Å². The van der Waals surface area contributed by atoms with Gasteiger partial charge in [-0.25, -0.2) is 0 Å². The average Bonchev–Trinajstić information content (AvgIpc) is 2.54. The molecule has 1 nitrogen and oxygen atoms in total.